The molecule has 2 aromatic rings. The quantitative estimate of drug-likeness (QED) is 0.708. The molecule has 1 aromatic heterocycles. The Kier molecular flexibility index (Phi) is 5.73. The number of carbonyl (C=O) groups is 1. The molecule has 124 valence electrons. The van der Waals surface area contributed by atoms with Crippen LogP contribution >= 0.6 is 15.9 Å². The summed E-state index contributed by atoms with van der Waals surface area (Å²) >= 11 is 3.38. The van der Waals surface area contributed by atoms with Gasteiger partial charge in [0.1, 0.15) is 11.4 Å². The summed E-state index contributed by atoms with van der Waals surface area (Å²) in [7, 11) is 0. The summed E-state index contributed by atoms with van der Waals surface area (Å²) in [6, 6.07) is 7.35. The molecular formula is C15H19BrN4O3. The first kappa shape index (κ1) is 17.4. The molecule has 8 heteroatoms. The first-order valence-corrected chi connectivity index (χ1v) is 7.90. The third kappa shape index (κ3) is 5.04. The Morgan fingerprint density at radius 1 is 1.35 bits per heavy atom. The maximum Gasteiger partial charge on any atom is 0.315 e. The van der Waals surface area contributed by atoms with E-state index in [4.69, 9.17) is 0 Å². The summed E-state index contributed by atoms with van der Waals surface area (Å²) in [6.45, 7) is 3.57. The molecule has 0 aliphatic carbocycles. The predicted molar refractivity (Wildman–Crippen MR) is 87.7 cm³/mol. The van der Waals surface area contributed by atoms with Gasteiger partial charge in [0.05, 0.1) is 18.7 Å². The second kappa shape index (κ2) is 7.56. The molecule has 2 rings (SSSR count). The lowest BCUT2D eigenvalue weighted by molar-refractivity contribution is 0.170. The average molecular weight is 383 g/mol. The van der Waals surface area contributed by atoms with Gasteiger partial charge < -0.3 is 15.7 Å². The highest BCUT2D eigenvalue weighted by Gasteiger charge is 2.26. The van der Waals surface area contributed by atoms with Gasteiger partial charge in [-0.2, -0.15) is 0 Å². The normalized spacial score (nSPS) is 13.4. The number of benzene rings is 1. The maximum atomic E-state index is 12.0. The van der Waals surface area contributed by atoms with E-state index in [0.717, 1.165) is 10.0 Å². The van der Waals surface area contributed by atoms with E-state index in [-0.39, 0.29) is 19.2 Å². The van der Waals surface area contributed by atoms with Crippen molar-refractivity contribution in [2.45, 2.75) is 32.4 Å². The fourth-order valence-corrected chi connectivity index (χ4v) is 2.35. The number of hydrogen-bond donors (Lipinski definition) is 3. The lowest BCUT2D eigenvalue weighted by Gasteiger charge is -2.29. The maximum absolute atomic E-state index is 12.0. The zero-order valence-electron chi connectivity index (χ0n) is 13.0. The minimum Gasteiger partial charge on any atom is -0.394 e. The number of hydrogen-bond acceptors (Lipinski definition) is 5. The standard InChI is InChI=1S/C15H19BrN4O3/c1-10-13(20-23-19-10)8-17-14(22)18-15(2,9-21)7-11-3-5-12(16)6-4-11/h3-6,21H,7-9H2,1-2H3,(H2,17,18,22). The van der Waals surface area contributed by atoms with Crippen molar-refractivity contribution in [3.63, 3.8) is 0 Å². The van der Waals surface area contributed by atoms with Crippen LogP contribution in [0.4, 0.5) is 4.79 Å². The predicted octanol–water partition coefficient (Wildman–Crippen LogP) is 1.93. The van der Waals surface area contributed by atoms with E-state index in [2.05, 4.69) is 41.5 Å². The molecule has 0 aliphatic heterocycles. The fourth-order valence-electron chi connectivity index (χ4n) is 2.08. The van der Waals surface area contributed by atoms with Crippen molar-refractivity contribution in [1.82, 2.24) is 20.9 Å². The van der Waals surface area contributed by atoms with Gasteiger partial charge >= 0.3 is 6.03 Å². The SMILES string of the molecule is Cc1nonc1CNC(=O)NC(C)(CO)Cc1ccc(Br)cc1. The first-order chi connectivity index (χ1) is 10.9. The van der Waals surface area contributed by atoms with Crippen molar-refractivity contribution in [2.24, 2.45) is 0 Å². The van der Waals surface area contributed by atoms with Gasteiger partial charge in [-0.3, -0.25) is 0 Å². The molecule has 0 bridgehead atoms. The Labute approximate surface area is 142 Å². The average Bonchev–Trinajstić information content (AvgIpc) is 2.93. The van der Waals surface area contributed by atoms with Crippen molar-refractivity contribution >= 4 is 22.0 Å². The summed E-state index contributed by atoms with van der Waals surface area (Å²) in [5, 5.41) is 22.5. The van der Waals surface area contributed by atoms with Gasteiger partial charge in [-0.25, -0.2) is 9.42 Å². The molecule has 0 aliphatic rings. The molecule has 1 heterocycles. The van der Waals surface area contributed by atoms with Gasteiger partial charge in [-0.05, 0) is 38.0 Å². The van der Waals surface area contributed by atoms with Gasteiger partial charge in [-0.15, -0.1) is 0 Å². The van der Waals surface area contributed by atoms with Crippen LogP contribution in [0.15, 0.2) is 33.4 Å². The zero-order valence-corrected chi connectivity index (χ0v) is 14.6. The Hall–Kier alpha value is -1.93. The highest BCUT2D eigenvalue weighted by Crippen LogP contribution is 2.16. The molecule has 0 radical (unpaired) electrons. The zero-order chi connectivity index (χ0) is 16.9. The van der Waals surface area contributed by atoms with E-state index < -0.39 is 5.54 Å². The number of rotatable bonds is 6. The number of carbonyl (C=O) groups excluding carboxylic acids is 1. The van der Waals surface area contributed by atoms with Crippen LogP contribution < -0.4 is 10.6 Å². The van der Waals surface area contributed by atoms with Gasteiger partial charge in [0.25, 0.3) is 0 Å². The Morgan fingerprint density at radius 3 is 2.61 bits per heavy atom. The Morgan fingerprint density at radius 2 is 2.04 bits per heavy atom. The van der Waals surface area contributed by atoms with Crippen LogP contribution in [0.3, 0.4) is 0 Å². The smallest absolute Gasteiger partial charge is 0.315 e. The van der Waals surface area contributed by atoms with Crippen molar-refractivity contribution in [2.75, 3.05) is 6.61 Å². The Balaban J connectivity index is 1.92. The van der Waals surface area contributed by atoms with Crippen molar-refractivity contribution < 1.29 is 14.5 Å². The monoisotopic (exact) mass is 382 g/mol. The van der Waals surface area contributed by atoms with Crippen LogP contribution in [0.1, 0.15) is 23.9 Å². The molecule has 7 nitrogen and oxygen atoms in total. The van der Waals surface area contributed by atoms with E-state index in [1.807, 2.05) is 24.3 Å². The van der Waals surface area contributed by atoms with Gasteiger partial charge in [0.15, 0.2) is 0 Å². The van der Waals surface area contributed by atoms with Crippen molar-refractivity contribution in [3.05, 3.63) is 45.7 Å². The highest BCUT2D eigenvalue weighted by molar-refractivity contribution is 9.10. The number of nitrogens with one attached hydrogen (secondary N) is 2. The molecule has 0 fully saturated rings. The lowest BCUT2D eigenvalue weighted by atomic mass is 9.94. The van der Waals surface area contributed by atoms with Gasteiger partial charge in [0.2, 0.25) is 0 Å². The second-order valence-corrected chi connectivity index (χ2v) is 6.54. The minimum atomic E-state index is -0.769. The van der Waals surface area contributed by atoms with E-state index in [1.165, 1.54) is 0 Å². The summed E-state index contributed by atoms with van der Waals surface area (Å²) in [6.07, 6.45) is 0.509. The Bertz CT molecular complexity index is 659. The van der Waals surface area contributed by atoms with E-state index in [1.54, 1.807) is 13.8 Å². The summed E-state index contributed by atoms with van der Waals surface area (Å²) in [5.41, 5.74) is 1.44. The molecule has 2 amide bonds. The molecule has 23 heavy (non-hydrogen) atoms. The number of aromatic nitrogens is 2. The summed E-state index contributed by atoms with van der Waals surface area (Å²) in [5.74, 6) is 0. The molecule has 1 aromatic carbocycles. The molecule has 0 saturated heterocycles. The van der Waals surface area contributed by atoms with E-state index in [0.29, 0.717) is 17.8 Å². The minimum absolute atomic E-state index is 0.180. The number of halogens is 1. The van der Waals surface area contributed by atoms with Crippen LogP contribution in [0.2, 0.25) is 0 Å². The second-order valence-electron chi connectivity index (χ2n) is 5.63. The number of urea groups is 1. The molecule has 1 unspecified atom stereocenters. The molecule has 0 spiro atoms. The van der Waals surface area contributed by atoms with Crippen LogP contribution in [0, 0.1) is 6.92 Å². The van der Waals surface area contributed by atoms with Crippen LogP contribution in [0.5, 0.6) is 0 Å². The van der Waals surface area contributed by atoms with E-state index >= 15 is 0 Å². The fraction of sp³-hybridized carbons (Fsp3) is 0.400. The van der Waals surface area contributed by atoms with E-state index in [9.17, 15) is 9.90 Å². The van der Waals surface area contributed by atoms with Crippen molar-refractivity contribution in [1.29, 1.82) is 0 Å². The topological polar surface area (TPSA) is 100 Å². The summed E-state index contributed by atoms with van der Waals surface area (Å²) < 4.78 is 5.55. The lowest BCUT2D eigenvalue weighted by Crippen LogP contribution is -2.53. The van der Waals surface area contributed by atoms with Crippen LogP contribution in [-0.2, 0) is 13.0 Å². The molecular weight excluding hydrogens is 364 g/mol. The number of aliphatic hydroxyl groups excluding tert-OH is 1. The molecule has 1 atom stereocenters. The van der Waals surface area contributed by atoms with Gasteiger partial charge in [0, 0.05) is 4.47 Å². The van der Waals surface area contributed by atoms with Crippen molar-refractivity contribution in [3.8, 4) is 0 Å². The number of aliphatic hydroxyl groups is 1. The molecule has 0 saturated carbocycles. The summed E-state index contributed by atoms with van der Waals surface area (Å²) in [4.78, 5) is 12.0. The van der Waals surface area contributed by atoms with Crippen LogP contribution in [0.25, 0.3) is 0 Å². The molecule has 3 N–H and O–H groups in total. The van der Waals surface area contributed by atoms with Gasteiger partial charge in [-0.1, -0.05) is 38.4 Å². The number of amides is 2. The highest BCUT2D eigenvalue weighted by atomic mass is 79.9. The third-order valence-corrected chi connectivity index (χ3v) is 3.96. The third-order valence-electron chi connectivity index (χ3n) is 3.43. The number of aryl methyl sites for hydroxylation is 1. The largest absolute Gasteiger partial charge is 0.394 e. The number of nitrogens with zero attached hydrogens (tertiary/aromatic N) is 2. The van der Waals surface area contributed by atoms with Crippen LogP contribution in [-0.4, -0.2) is 33.6 Å². The first-order valence-electron chi connectivity index (χ1n) is 7.11.